The van der Waals surface area contributed by atoms with Gasteiger partial charge in [0.25, 0.3) is 0 Å². The first-order valence-electron chi connectivity index (χ1n) is 5.82. The summed E-state index contributed by atoms with van der Waals surface area (Å²) in [5.41, 5.74) is 6.14. The summed E-state index contributed by atoms with van der Waals surface area (Å²) < 4.78 is 0. The molecule has 102 valence electrons. The van der Waals surface area contributed by atoms with Gasteiger partial charge in [0.05, 0.1) is 11.9 Å². The highest BCUT2D eigenvalue weighted by Crippen LogP contribution is 2.24. The highest BCUT2D eigenvalue weighted by atomic mass is 32.2. The number of nitrogens with one attached hydrogen (secondary N) is 2. The van der Waals surface area contributed by atoms with E-state index in [1.807, 2.05) is 0 Å². The molecule has 7 nitrogen and oxygen atoms in total. The van der Waals surface area contributed by atoms with Gasteiger partial charge in [-0.15, -0.1) is 11.8 Å². The standard InChI is InChI=1S/C11H16N6OS/c1-11(13-2,10(12)18)3-4-19-9-7-8(15-5-14-7)16-6-17-9/h5-6,13H,3-4H2,1-2H3,(H2,12,18)(H,14,15,16,17). The molecule has 0 aliphatic carbocycles. The average molecular weight is 280 g/mol. The Bertz CT molecular complexity index is 585. The topological polar surface area (TPSA) is 110 Å². The van der Waals surface area contributed by atoms with E-state index in [0.29, 0.717) is 17.8 Å². The second-order valence-electron chi connectivity index (χ2n) is 4.32. The zero-order valence-electron chi connectivity index (χ0n) is 10.8. The van der Waals surface area contributed by atoms with Crippen molar-refractivity contribution in [3.8, 4) is 0 Å². The highest BCUT2D eigenvalue weighted by Gasteiger charge is 2.28. The first kappa shape index (κ1) is 13.8. The molecule has 0 bridgehead atoms. The summed E-state index contributed by atoms with van der Waals surface area (Å²) >= 11 is 1.54. The van der Waals surface area contributed by atoms with Crippen molar-refractivity contribution in [1.82, 2.24) is 25.3 Å². The number of carbonyl (C=O) groups excluding carboxylic acids is 1. The molecule has 0 radical (unpaired) electrons. The Morgan fingerprint density at radius 3 is 3.00 bits per heavy atom. The van der Waals surface area contributed by atoms with Crippen molar-refractivity contribution in [1.29, 1.82) is 0 Å². The number of aromatic nitrogens is 4. The van der Waals surface area contributed by atoms with E-state index < -0.39 is 5.54 Å². The van der Waals surface area contributed by atoms with Crippen molar-refractivity contribution in [3.05, 3.63) is 12.7 Å². The zero-order chi connectivity index (χ0) is 13.9. The molecule has 0 aliphatic rings. The van der Waals surface area contributed by atoms with Gasteiger partial charge in [-0.1, -0.05) is 0 Å². The van der Waals surface area contributed by atoms with Crippen molar-refractivity contribution >= 4 is 28.8 Å². The first-order valence-corrected chi connectivity index (χ1v) is 6.81. The van der Waals surface area contributed by atoms with Crippen LogP contribution in [0.3, 0.4) is 0 Å². The molecule has 1 amide bonds. The van der Waals surface area contributed by atoms with E-state index in [9.17, 15) is 4.79 Å². The number of aromatic amines is 1. The second-order valence-corrected chi connectivity index (χ2v) is 5.41. The number of H-pyrrole nitrogens is 1. The number of hydrogen-bond donors (Lipinski definition) is 3. The fourth-order valence-corrected chi connectivity index (χ4v) is 2.70. The van der Waals surface area contributed by atoms with Crippen LogP contribution in [0, 0.1) is 0 Å². The van der Waals surface area contributed by atoms with E-state index in [-0.39, 0.29) is 5.91 Å². The number of rotatable bonds is 6. The van der Waals surface area contributed by atoms with Gasteiger partial charge in [0.1, 0.15) is 16.9 Å². The number of fused-ring (bicyclic) bond motifs is 1. The van der Waals surface area contributed by atoms with Gasteiger partial charge >= 0.3 is 0 Å². The molecule has 2 rings (SSSR count). The number of hydrogen-bond acceptors (Lipinski definition) is 6. The summed E-state index contributed by atoms with van der Waals surface area (Å²) in [4.78, 5) is 26.7. The molecule has 2 aromatic rings. The molecule has 2 aromatic heterocycles. The third-order valence-electron chi connectivity index (χ3n) is 3.12. The number of primary amides is 1. The molecule has 19 heavy (non-hydrogen) atoms. The number of nitrogens with zero attached hydrogens (tertiary/aromatic N) is 3. The molecule has 0 fully saturated rings. The van der Waals surface area contributed by atoms with Gasteiger partial charge in [-0.25, -0.2) is 15.0 Å². The molecule has 0 saturated carbocycles. The lowest BCUT2D eigenvalue weighted by Crippen LogP contribution is -2.51. The summed E-state index contributed by atoms with van der Waals surface area (Å²) in [6, 6.07) is 0. The maximum Gasteiger partial charge on any atom is 0.237 e. The van der Waals surface area contributed by atoms with Crippen LogP contribution in [0.15, 0.2) is 17.7 Å². The highest BCUT2D eigenvalue weighted by molar-refractivity contribution is 7.99. The largest absolute Gasteiger partial charge is 0.368 e. The minimum atomic E-state index is -0.701. The maximum absolute atomic E-state index is 11.4. The Morgan fingerprint density at radius 2 is 2.32 bits per heavy atom. The van der Waals surface area contributed by atoms with Gasteiger partial charge in [-0.2, -0.15) is 0 Å². The SMILES string of the molecule is CNC(C)(CCSc1ncnc2nc[nH]c12)C(N)=O. The van der Waals surface area contributed by atoms with Crippen LogP contribution in [0.1, 0.15) is 13.3 Å². The number of amides is 1. The molecule has 0 spiro atoms. The maximum atomic E-state index is 11.4. The monoisotopic (exact) mass is 280 g/mol. The fourth-order valence-electron chi connectivity index (χ4n) is 1.58. The number of imidazole rings is 1. The third kappa shape index (κ3) is 2.85. The molecular formula is C11H16N6OS. The molecule has 0 aliphatic heterocycles. The fraction of sp³-hybridized carbons (Fsp3) is 0.455. The predicted molar refractivity (Wildman–Crippen MR) is 73.7 cm³/mol. The van der Waals surface area contributed by atoms with Crippen molar-refractivity contribution in [2.45, 2.75) is 23.9 Å². The molecule has 2 heterocycles. The Balaban J connectivity index is 2.03. The van der Waals surface area contributed by atoms with Crippen LogP contribution in [-0.4, -0.2) is 44.2 Å². The van der Waals surface area contributed by atoms with Crippen LogP contribution in [0.25, 0.3) is 11.2 Å². The summed E-state index contributed by atoms with van der Waals surface area (Å²) in [6.45, 7) is 1.79. The van der Waals surface area contributed by atoms with Gasteiger partial charge in [0.15, 0.2) is 5.65 Å². The van der Waals surface area contributed by atoms with Gasteiger partial charge < -0.3 is 16.0 Å². The summed E-state index contributed by atoms with van der Waals surface area (Å²) in [6.07, 6.45) is 3.69. The van der Waals surface area contributed by atoms with Crippen LogP contribution in [0.2, 0.25) is 0 Å². The summed E-state index contributed by atoms with van der Waals surface area (Å²) in [7, 11) is 1.73. The molecule has 1 atom stereocenters. The summed E-state index contributed by atoms with van der Waals surface area (Å²) in [5, 5.41) is 3.78. The average Bonchev–Trinajstić information content (AvgIpc) is 2.87. The van der Waals surface area contributed by atoms with E-state index in [1.165, 1.54) is 6.33 Å². The van der Waals surface area contributed by atoms with E-state index in [0.717, 1.165) is 10.5 Å². The minimum absolute atomic E-state index is 0.357. The lowest BCUT2D eigenvalue weighted by Gasteiger charge is -2.24. The van der Waals surface area contributed by atoms with Gasteiger partial charge in [-0.05, 0) is 20.4 Å². The lowest BCUT2D eigenvalue weighted by molar-refractivity contribution is -0.123. The number of likely N-dealkylation sites (N-methyl/N-ethyl adjacent to an activating group) is 1. The van der Waals surface area contributed by atoms with Crippen LogP contribution >= 0.6 is 11.8 Å². The number of nitrogens with two attached hydrogens (primary N) is 1. The molecule has 4 N–H and O–H groups in total. The van der Waals surface area contributed by atoms with Gasteiger partial charge in [-0.3, -0.25) is 4.79 Å². The van der Waals surface area contributed by atoms with Crippen molar-refractivity contribution < 1.29 is 4.79 Å². The summed E-state index contributed by atoms with van der Waals surface area (Å²) in [5.74, 6) is 0.357. The Kier molecular flexibility index (Phi) is 4.01. The third-order valence-corrected chi connectivity index (χ3v) is 4.12. The predicted octanol–water partition coefficient (Wildman–Crippen LogP) is 0.298. The lowest BCUT2D eigenvalue weighted by atomic mass is 9.99. The van der Waals surface area contributed by atoms with Crippen LogP contribution in [0.5, 0.6) is 0 Å². The number of carbonyl (C=O) groups is 1. The number of thioether (sulfide) groups is 1. The Hall–Kier alpha value is -1.67. The smallest absolute Gasteiger partial charge is 0.237 e. The molecule has 8 heteroatoms. The van der Waals surface area contributed by atoms with Gasteiger partial charge in [0.2, 0.25) is 5.91 Å². The quantitative estimate of drug-likeness (QED) is 0.518. The van der Waals surface area contributed by atoms with E-state index in [1.54, 1.807) is 32.1 Å². The van der Waals surface area contributed by atoms with Crippen LogP contribution in [0.4, 0.5) is 0 Å². The van der Waals surface area contributed by atoms with Crippen LogP contribution < -0.4 is 11.1 Å². The van der Waals surface area contributed by atoms with E-state index in [4.69, 9.17) is 5.73 Å². The molecule has 0 saturated heterocycles. The molecular weight excluding hydrogens is 264 g/mol. The molecule has 1 unspecified atom stereocenters. The Morgan fingerprint density at radius 1 is 1.53 bits per heavy atom. The van der Waals surface area contributed by atoms with Crippen LogP contribution in [-0.2, 0) is 4.79 Å². The molecule has 0 aromatic carbocycles. The van der Waals surface area contributed by atoms with Crippen molar-refractivity contribution in [3.63, 3.8) is 0 Å². The second kappa shape index (κ2) is 5.54. The van der Waals surface area contributed by atoms with Crippen molar-refractivity contribution in [2.75, 3.05) is 12.8 Å². The Labute approximate surface area is 114 Å². The van der Waals surface area contributed by atoms with E-state index >= 15 is 0 Å². The minimum Gasteiger partial charge on any atom is -0.368 e. The first-order chi connectivity index (χ1) is 9.07. The van der Waals surface area contributed by atoms with Crippen molar-refractivity contribution in [2.24, 2.45) is 5.73 Å². The van der Waals surface area contributed by atoms with E-state index in [2.05, 4.69) is 25.3 Å². The normalized spacial score (nSPS) is 14.4. The van der Waals surface area contributed by atoms with Gasteiger partial charge in [0, 0.05) is 5.75 Å². The zero-order valence-corrected chi connectivity index (χ0v) is 11.6.